The molecule has 0 saturated heterocycles. The van der Waals surface area contributed by atoms with Crippen molar-refractivity contribution in [1.82, 2.24) is 9.80 Å². The summed E-state index contributed by atoms with van der Waals surface area (Å²) >= 11 is 18.1. The third-order valence-electron chi connectivity index (χ3n) is 5.15. The monoisotopic (exact) mass is 536 g/mol. The third-order valence-corrected chi connectivity index (χ3v) is 6.14. The second-order valence-corrected chi connectivity index (χ2v) is 8.83. The minimum Gasteiger partial charge on any atom is -0.410 e. The smallest absolute Gasteiger partial charge is 0.410 e. The van der Waals surface area contributed by atoms with Crippen molar-refractivity contribution in [3.8, 4) is 5.75 Å². The van der Waals surface area contributed by atoms with Gasteiger partial charge in [0.05, 0.1) is 15.6 Å². The molecular formula is C23H22Cl3F3N2O3. The van der Waals surface area contributed by atoms with Gasteiger partial charge in [-0.15, -0.1) is 6.58 Å². The molecule has 11 heteroatoms. The van der Waals surface area contributed by atoms with E-state index in [4.69, 9.17) is 39.5 Å². The van der Waals surface area contributed by atoms with Gasteiger partial charge < -0.3 is 9.64 Å². The van der Waals surface area contributed by atoms with Crippen molar-refractivity contribution in [1.29, 1.82) is 0 Å². The van der Waals surface area contributed by atoms with Gasteiger partial charge in [-0.2, -0.15) is 13.2 Å². The van der Waals surface area contributed by atoms with Crippen LogP contribution in [0.2, 0.25) is 15.1 Å². The predicted octanol–water partition coefficient (Wildman–Crippen LogP) is 6.96. The molecule has 0 heterocycles. The van der Waals surface area contributed by atoms with Crippen molar-refractivity contribution in [3.05, 3.63) is 75.8 Å². The largest absolute Gasteiger partial charge is 0.415 e. The number of hydrogen-bond acceptors (Lipinski definition) is 3. The summed E-state index contributed by atoms with van der Waals surface area (Å²) in [6.45, 7) is 3.41. The molecule has 1 unspecified atom stereocenters. The number of benzene rings is 2. The van der Waals surface area contributed by atoms with Crippen LogP contribution in [0.3, 0.4) is 0 Å². The molecule has 0 aliphatic carbocycles. The zero-order valence-corrected chi connectivity index (χ0v) is 20.6. The molecule has 0 spiro atoms. The lowest BCUT2D eigenvalue weighted by atomic mass is 9.84. The van der Waals surface area contributed by atoms with Crippen LogP contribution in [-0.4, -0.2) is 48.6 Å². The Labute approximate surface area is 210 Å². The predicted molar refractivity (Wildman–Crippen MR) is 127 cm³/mol. The van der Waals surface area contributed by atoms with Gasteiger partial charge in [0.25, 0.3) is 0 Å². The van der Waals surface area contributed by atoms with E-state index < -0.39 is 30.1 Å². The van der Waals surface area contributed by atoms with Crippen molar-refractivity contribution in [2.24, 2.45) is 0 Å². The summed E-state index contributed by atoms with van der Waals surface area (Å²) < 4.78 is 43.9. The maximum absolute atomic E-state index is 13.1. The molecule has 2 aromatic rings. The highest BCUT2D eigenvalue weighted by Crippen LogP contribution is 2.37. The number of carbonyl (C=O) groups is 2. The summed E-state index contributed by atoms with van der Waals surface area (Å²) in [6.07, 6.45) is -5.62. The summed E-state index contributed by atoms with van der Waals surface area (Å²) in [5.74, 6) is -0.968. The second-order valence-electron chi connectivity index (χ2n) is 7.58. The van der Waals surface area contributed by atoms with Crippen LogP contribution in [0, 0.1) is 0 Å². The van der Waals surface area contributed by atoms with Crippen LogP contribution in [0.15, 0.2) is 55.1 Å². The van der Waals surface area contributed by atoms with Crippen LogP contribution in [0.25, 0.3) is 0 Å². The molecular weight excluding hydrogens is 516 g/mol. The Bertz CT molecular complexity index is 1050. The topological polar surface area (TPSA) is 49.9 Å². The summed E-state index contributed by atoms with van der Waals surface area (Å²) in [7, 11) is 2.63. The average molecular weight is 538 g/mol. The molecule has 1 atom stereocenters. The van der Waals surface area contributed by atoms with Crippen molar-refractivity contribution in [3.63, 3.8) is 0 Å². The Morgan fingerprint density at radius 2 is 1.65 bits per heavy atom. The summed E-state index contributed by atoms with van der Waals surface area (Å²) in [5, 5.41) is 0.844. The van der Waals surface area contributed by atoms with Gasteiger partial charge in [-0.1, -0.05) is 46.9 Å². The molecule has 0 radical (unpaired) electrons. The zero-order chi connectivity index (χ0) is 25.7. The minimum absolute atomic E-state index is 0.0564. The molecule has 0 bridgehead atoms. The van der Waals surface area contributed by atoms with Crippen LogP contribution in [-0.2, 0) is 10.3 Å². The van der Waals surface area contributed by atoms with E-state index in [1.807, 2.05) is 0 Å². The van der Waals surface area contributed by atoms with Gasteiger partial charge in [0.1, 0.15) is 12.2 Å². The van der Waals surface area contributed by atoms with E-state index in [0.29, 0.717) is 10.6 Å². The number of likely N-dealkylation sites (N-methyl/N-ethyl adjacent to an activating group) is 2. The standard InChI is InChI=1S/C23H22Cl3F3N2O3/c1-4-11-22(15-5-10-18(25)19(26)12-15,14-30(2)20(32)13-23(27,28)29)31(3)21(33)34-17-8-6-16(24)7-9-17/h4-10,12H,1,11,13-14H2,2-3H3. The van der Waals surface area contributed by atoms with E-state index in [-0.39, 0.29) is 28.8 Å². The van der Waals surface area contributed by atoms with Gasteiger partial charge in [0.2, 0.25) is 5.91 Å². The van der Waals surface area contributed by atoms with Crippen LogP contribution >= 0.6 is 34.8 Å². The lowest BCUT2D eigenvalue weighted by Gasteiger charge is -2.43. The maximum atomic E-state index is 13.1. The molecule has 184 valence electrons. The average Bonchev–Trinajstić information content (AvgIpc) is 2.75. The van der Waals surface area contributed by atoms with E-state index in [1.165, 1.54) is 61.5 Å². The molecule has 2 amide bonds. The van der Waals surface area contributed by atoms with Crippen molar-refractivity contribution >= 4 is 46.8 Å². The van der Waals surface area contributed by atoms with Crippen LogP contribution in [0.5, 0.6) is 5.75 Å². The molecule has 2 rings (SSSR count). The number of nitrogens with zero attached hydrogens (tertiary/aromatic N) is 2. The lowest BCUT2D eigenvalue weighted by Crippen LogP contribution is -2.55. The van der Waals surface area contributed by atoms with Crippen LogP contribution in [0.4, 0.5) is 18.0 Å². The first-order valence-electron chi connectivity index (χ1n) is 9.87. The van der Waals surface area contributed by atoms with E-state index in [1.54, 1.807) is 6.07 Å². The lowest BCUT2D eigenvalue weighted by molar-refractivity contribution is -0.161. The number of ether oxygens (including phenoxy) is 1. The Morgan fingerprint density at radius 1 is 1.03 bits per heavy atom. The van der Waals surface area contributed by atoms with Gasteiger partial charge in [-0.3, -0.25) is 9.69 Å². The highest BCUT2D eigenvalue weighted by Gasteiger charge is 2.43. The summed E-state index contributed by atoms with van der Waals surface area (Å²) in [6, 6.07) is 10.6. The molecule has 0 aliphatic rings. The van der Waals surface area contributed by atoms with Gasteiger partial charge in [-0.05, 0) is 48.4 Å². The molecule has 5 nitrogen and oxygen atoms in total. The van der Waals surface area contributed by atoms with E-state index in [9.17, 15) is 22.8 Å². The molecule has 34 heavy (non-hydrogen) atoms. The van der Waals surface area contributed by atoms with Crippen LogP contribution in [0.1, 0.15) is 18.4 Å². The summed E-state index contributed by atoms with van der Waals surface area (Å²) in [4.78, 5) is 27.5. The Balaban J connectivity index is 2.51. The normalized spacial score (nSPS) is 13.1. The molecule has 0 aliphatic heterocycles. The minimum atomic E-state index is -4.69. The Hall–Kier alpha value is -2.42. The van der Waals surface area contributed by atoms with Gasteiger partial charge in [0, 0.05) is 25.7 Å². The van der Waals surface area contributed by atoms with Crippen molar-refractivity contribution < 1.29 is 27.5 Å². The number of carbonyl (C=O) groups excluding carboxylic acids is 2. The van der Waals surface area contributed by atoms with E-state index >= 15 is 0 Å². The molecule has 0 N–H and O–H groups in total. The fraction of sp³-hybridized carbons (Fsp3) is 0.304. The maximum Gasteiger partial charge on any atom is 0.415 e. The number of halogens is 6. The van der Waals surface area contributed by atoms with Crippen LogP contribution < -0.4 is 4.74 Å². The molecule has 2 aromatic carbocycles. The zero-order valence-electron chi connectivity index (χ0n) is 18.3. The molecule has 0 aromatic heterocycles. The first kappa shape index (κ1) is 27.8. The first-order valence-corrected chi connectivity index (χ1v) is 11.0. The number of amides is 2. The van der Waals surface area contributed by atoms with Gasteiger partial charge in [-0.25, -0.2) is 4.79 Å². The Morgan fingerprint density at radius 3 is 2.18 bits per heavy atom. The van der Waals surface area contributed by atoms with E-state index in [0.717, 1.165) is 4.90 Å². The highest BCUT2D eigenvalue weighted by atomic mass is 35.5. The molecule has 0 fully saturated rings. The fourth-order valence-corrected chi connectivity index (χ4v) is 3.79. The second kappa shape index (κ2) is 11.3. The third kappa shape index (κ3) is 7.04. The molecule has 0 saturated carbocycles. The van der Waals surface area contributed by atoms with Gasteiger partial charge in [0.15, 0.2) is 0 Å². The SMILES string of the molecule is C=CCC(CN(C)C(=O)CC(F)(F)F)(c1ccc(Cl)c(Cl)c1)N(C)C(=O)Oc1ccc(Cl)cc1. The fourth-order valence-electron chi connectivity index (χ4n) is 3.37. The highest BCUT2D eigenvalue weighted by molar-refractivity contribution is 6.42. The number of rotatable bonds is 8. The van der Waals surface area contributed by atoms with E-state index in [2.05, 4.69) is 6.58 Å². The quantitative estimate of drug-likeness (QED) is 0.342. The summed E-state index contributed by atoms with van der Waals surface area (Å²) in [5.41, 5.74) is -0.959. The van der Waals surface area contributed by atoms with Gasteiger partial charge >= 0.3 is 12.3 Å². The first-order chi connectivity index (χ1) is 15.8. The Kier molecular flexibility index (Phi) is 9.28. The van der Waals surface area contributed by atoms with Crippen molar-refractivity contribution in [2.75, 3.05) is 20.6 Å². The number of hydrogen-bond donors (Lipinski definition) is 0. The van der Waals surface area contributed by atoms with Crippen molar-refractivity contribution in [2.45, 2.75) is 24.6 Å². The number of alkyl halides is 3.